The number of hydrogen-bond donors (Lipinski definition) is 1. The van der Waals surface area contributed by atoms with Crippen molar-refractivity contribution >= 4 is 0 Å². The summed E-state index contributed by atoms with van der Waals surface area (Å²) in [6, 6.07) is 8.55. The van der Waals surface area contributed by atoms with Crippen molar-refractivity contribution < 1.29 is 9.47 Å². The standard InChI is InChI=1S/C13H19NO2/c1-10-3-5-12(6-4-10)16-9-13-7-14-11(2)8-15-13/h3-6,11,13-14H,7-9H2,1-2H3. The highest BCUT2D eigenvalue weighted by atomic mass is 16.5. The Labute approximate surface area is 96.8 Å². The SMILES string of the molecule is Cc1ccc(OCC2CNC(C)CO2)cc1. The summed E-state index contributed by atoms with van der Waals surface area (Å²) in [5, 5.41) is 3.37. The van der Waals surface area contributed by atoms with Crippen molar-refractivity contribution in [1.29, 1.82) is 0 Å². The van der Waals surface area contributed by atoms with Gasteiger partial charge in [0.15, 0.2) is 0 Å². The quantitative estimate of drug-likeness (QED) is 0.843. The van der Waals surface area contributed by atoms with Crippen LogP contribution in [0.4, 0.5) is 0 Å². The minimum Gasteiger partial charge on any atom is -0.491 e. The van der Waals surface area contributed by atoms with Crippen LogP contribution in [0.15, 0.2) is 24.3 Å². The smallest absolute Gasteiger partial charge is 0.119 e. The predicted molar refractivity (Wildman–Crippen MR) is 63.9 cm³/mol. The molecule has 1 heterocycles. The van der Waals surface area contributed by atoms with E-state index in [1.54, 1.807) is 0 Å². The molecule has 3 heteroatoms. The number of aryl methyl sites for hydroxylation is 1. The Bertz CT molecular complexity index is 315. The third-order valence-electron chi connectivity index (χ3n) is 2.73. The number of nitrogens with one attached hydrogen (secondary N) is 1. The topological polar surface area (TPSA) is 30.5 Å². The molecule has 0 spiro atoms. The van der Waals surface area contributed by atoms with Gasteiger partial charge in [-0.15, -0.1) is 0 Å². The lowest BCUT2D eigenvalue weighted by molar-refractivity contribution is -0.0165. The normalized spacial score (nSPS) is 25.4. The van der Waals surface area contributed by atoms with E-state index in [1.807, 2.05) is 12.1 Å². The lowest BCUT2D eigenvalue weighted by atomic mass is 10.2. The Kier molecular flexibility index (Phi) is 3.80. The second-order valence-corrected chi connectivity index (χ2v) is 4.39. The molecule has 0 amide bonds. The van der Waals surface area contributed by atoms with Crippen molar-refractivity contribution in [2.45, 2.75) is 26.0 Å². The predicted octanol–water partition coefficient (Wildman–Crippen LogP) is 1.75. The van der Waals surface area contributed by atoms with Crippen molar-refractivity contribution in [3.05, 3.63) is 29.8 Å². The van der Waals surface area contributed by atoms with Crippen LogP contribution in [0.5, 0.6) is 5.75 Å². The molecule has 0 aromatic heterocycles. The van der Waals surface area contributed by atoms with Crippen LogP contribution in [0.25, 0.3) is 0 Å². The van der Waals surface area contributed by atoms with E-state index in [-0.39, 0.29) is 6.10 Å². The van der Waals surface area contributed by atoms with Crippen LogP contribution < -0.4 is 10.1 Å². The van der Waals surface area contributed by atoms with Gasteiger partial charge in [-0.25, -0.2) is 0 Å². The average Bonchev–Trinajstić information content (AvgIpc) is 2.30. The molecule has 2 atom stereocenters. The Morgan fingerprint density at radius 1 is 1.38 bits per heavy atom. The van der Waals surface area contributed by atoms with E-state index in [4.69, 9.17) is 9.47 Å². The Morgan fingerprint density at radius 2 is 2.12 bits per heavy atom. The first-order chi connectivity index (χ1) is 7.74. The molecule has 0 saturated carbocycles. The molecule has 1 N–H and O–H groups in total. The third kappa shape index (κ3) is 3.22. The van der Waals surface area contributed by atoms with Gasteiger partial charge < -0.3 is 14.8 Å². The minimum atomic E-state index is 0.164. The van der Waals surface area contributed by atoms with Crippen molar-refractivity contribution in [2.24, 2.45) is 0 Å². The Hall–Kier alpha value is -1.06. The highest BCUT2D eigenvalue weighted by Gasteiger charge is 2.18. The Morgan fingerprint density at radius 3 is 2.75 bits per heavy atom. The summed E-state index contributed by atoms with van der Waals surface area (Å²) < 4.78 is 11.3. The first-order valence-corrected chi connectivity index (χ1v) is 5.78. The van der Waals surface area contributed by atoms with Gasteiger partial charge in [-0.1, -0.05) is 17.7 Å². The van der Waals surface area contributed by atoms with Gasteiger partial charge in [-0.05, 0) is 26.0 Å². The summed E-state index contributed by atoms with van der Waals surface area (Å²) in [5.74, 6) is 0.910. The molecular formula is C13H19NO2. The maximum absolute atomic E-state index is 5.67. The van der Waals surface area contributed by atoms with Crippen LogP contribution >= 0.6 is 0 Å². The number of rotatable bonds is 3. The van der Waals surface area contributed by atoms with Crippen LogP contribution in [-0.2, 0) is 4.74 Å². The van der Waals surface area contributed by atoms with Gasteiger partial charge >= 0.3 is 0 Å². The molecule has 3 nitrogen and oxygen atoms in total. The summed E-state index contributed by atoms with van der Waals surface area (Å²) in [7, 11) is 0. The minimum absolute atomic E-state index is 0.164. The van der Waals surface area contributed by atoms with Crippen molar-refractivity contribution in [1.82, 2.24) is 5.32 Å². The number of morpholine rings is 1. The van der Waals surface area contributed by atoms with Crippen molar-refractivity contribution in [2.75, 3.05) is 19.8 Å². The number of benzene rings is 1. The van der Waals surface area contributed by atoms with Crippen LogP contribution in [0.1, 0.15) is 12.5 Å². The molecule has 0 bridgehead atoms. The second-order valence-electron chi connectivity index (χ2n) is 4.39. The summed E-state index contributed by atoms with van der Waals surface area (Å²) in [6.07, 6.45) is 0.164. The maximum Gasteiger partial charge on any atom is 0.119 e. The van der Waals surface area contributed by atoms with E-state index < -0.39 is 0 Å². The molecule has 1 aliphatic rings. The monoisotopic (exact) mass is 221 g/mol. The molecule has 16 heavy (non-hydrogen) atoms. The second kappa shape index (κ2) is 5.32. The average molecular weight is 221 g/mol. The molecule has 1 fully saturated rings. The summed E-state index contributed by atoms with van der Waals surface area (Å²) >= 11 is 0. The van der Waals surface area contributed by atoms with Crippen LogP contribution in [0.2, 0.25) is 0 Å². The first kappa shape index (κ1) is 11.4. The molecule has 0 radical (unpaired) electrons. The van der Waals surface area contributed by atoms with Crippen LogP contribution in [0, 0.1) is 6.92 Å². The van der Waals surface area contributed by atoms with Gasteiger partial charge in [0.2, 0.25) is 0 Å². The summed E-state index contributed by atoms with van der Waals surface area (Å²) in [5.41, 5.74) is 1.25. The van der Waals surface area contributed by atoms with Gasteiger partial charge in [0.1, 0.15) is 18.5 Å². The number of ether oxygens (including phenoxy) is 2. The first-order valence-electron chi connectivity index (χ1n) is 5.78. The molecule has 0 aliphatic carbocycles. The fourth-order valence-corrected chi connectivity index (χ4v) is 1.66. The molecule has 2 unspecified atom stereocenters. The lowest BCUT2D eigenvalue weighted by Gasteiger charge is -2.28. The van der Waals surface area contributed by atoms with E-state index in [0.717, 1.165) is 18.9 Å². The fraction of sp³-hybridized carbons (Fsp3) is 0.538. The molecule has 1 saturated heterocycles. The zero-order valence-corrected chi connectivity index (χ0v) is 9.90. The highest BCUT2D eigenvalue weighted by Crippen LogP contribution is 2.12. The highest BCUT2D eigenvalue weighted by molar-refractivity contribution is 5.26. The molecule has 88 valence electrons. The van der Waals surface area contributed by atoms with Crippen LogP contribution in [0.3, 0.4) is 0 Å². The van der Waals surface area contributed by atoms with Gasteiger partial charge in [0.05, 0.1) is 6.61 Å². The van der Waals surface area contributed by atoms with Gasteiger partial charge in [-0.3, -0.25) is 0 Å². The van der Waals surface area contributed by atoms with Gasteiger partial charge in [0, 0.05) is 12.6 Å². The van der Waals surface area contributed by atoms with E-state index in [2.05, 4.69) is 31.3 Å². The van der Waals surface area contributed by atoms with E-state index in [1.165, 1.54) is 5.56 Å². The zero-order valence-electron chi connectivity index (χ0n) is 9.90. The summed E-state index contributed by atoms with van der Waals surface area (Å²) in [6.45, 7) is 6.44. The summed E-state index contributed by atoms with van der Waals surface area (Å²) in [4.78, 5) is 0. The van der Waals surface area contributed by atoms with Crippen LogP contribution in [-0.4, -0.2) is 31.9 Å². The molecule has 2 rings (SSSR count). The van der Waals surface area contributed by atoms with E-state index >= 15 is 0 Å². The van der Waals surface area contributed by atoms with Crippen molar-refractivity contribution in [3.8, 4) is 5.75 Å². The molecular weight excluding hydrogens is 202 g/mol. The Balaban J connectivity index is 1.77. The maximum atomic E-state index is 5.67. The van der Waals surface area contributed by atoms with E-state index in [9.17, 15) is 0 Å². The fourth-order valence-electron chi connectivity index (χ4n) is 1.66. The molecule has 1 aromatic carbocycles. The van der Waals surface area contributed by atoms with Gasteiger partial charge in [-0.2, -0.15) is 0 Å². The largest absolute Gasteiger partial charge is 0.491 e. The molecule has 1 aliphatic heterocycles. The molecule has 1 aromatic rings. The number of hydrogen-bond acceptors (Lipinski definition) is 3. The lowest BCUT2D eigenvalue weighted by Crippen LogP contribution is -2.46. The van der Waals surface area contributed by atoms with Crippen molar-refractivity contribution in [3.63, 3.8) is 0 Å². The zero-order chi connectivity index (χ0) is 11.4. The van der Waals surface area contributed by atoms with Gasteiger partial charge in [0.25, 0.3) is 0 Å². The van der Waals surface area contributed by atoms with E-state index in [0.29, 0.717) is 12.6 Å². The third-order valence-corrected chi connectivity index (χ3v) is 2.73.